The van der Waals surface area contributed by atoms with Crippen molar-refractivity contribution in [2.75, 3.05) is 0 Å². The molecule has 0 aliphatic rings. The normalized spacial score (nSPS) is 15.3. The maximum atomic E-state index is 13.1. The number of hydrogen-bond donors (Lipinski definition) is 1. The van der Waals surface area contributed by atoms with Gasteiger partial charge in [0.1, 0.15) is 17.9 Å². The molecule has 1 N–H and O–H groups in total. The molecule has 164 valence electrons. The maximum absolute atomic E-state index is 13.1. The highest BCUT2D eigenvalue weighted by atomic mass is 35.7. The van der Waals surface area contributed by atoms with Crippen LogP contribution >= 0.6 is 18.1 Å². The summed E-state index contributed by atoms with van der Waals surface area (Å²) in [5.41, 5.74) is 1.94. The quantitative estimate of drug-likeness (QED) is 0.296. The van der Waals surface area contributed by atoms with Crippen molar-refractivity contribution in [3.63, 3.8) is 0 Å². The van der Waals surface area contributed by atoms with Gasteiger partial charge < -0.3 is 9.26 Å². The van der Waals surface area contributed by atoms with Crippen molar-refractivity contribution in [3.05, 3.63) is 77.9 Å². The highest BCUT2D eigenvalue weighted by Crippen LogP contribution is 2.50. The van der Waals surface area contributed by atoms with Crippen molar-refractivity contribution in [1.29, 1.82) is 0 Å². The van der Waals surface area contributed by atoms with Crippen LogP contribution < -0.4 is 9.61 Å². The van der Waals surface area contributed by atoms with Gasteiger partial charge in [0.25, 0.3) is 0 Å². The van der Waals surface area contributed by atoms with Gasteiger partial charge in [0, 0.05) is 16.6 Å². The average Bonchev–Trinajstić information content (AvgIpc) is 2.72. The van der Waals surface area contributed by atoms with E-state index >= 15 is 0 Å². The molecule has 0 spiro atoms. The summed E-state index contributed by atoms with van der Waals surface area (Å²) in [5, 5.41) is 4.42. The van der Waals surface area contributed by atoms with Gasteiger partial charge in [0.15, 0.2) is 0 Å². The van der Waals surface area contributed by atoms with Crippen LogP contribution in [0.3, 0.4) is 0 Å². The molecule has 3 aromatic carbocycles. The molecule has 0 saturated heterocycles. The van der Waals surface area contributed by atoms with Crippen LogP contribution in [0, 0.1) is 12.8 Å². The Kier molecular flexibility index (Phi) is 7.42. The number of ether oxygens (including phenoxy) is 1. The molecular formula is C24H27ClNO4P. The number of carbonyl (C=O) groups is 1. The van der Waals surface area contributed by atoms with E-state index in [9.17, 15) is 9.36 Å². The summed E-state index contributed by atoms with van der Waals surface area (Å²) < 4.78 is 24.4. The monoisotopic (exact) mass is 459 g/mol. The number of aryl methyl sites for hydroxylation is 1. The van der Waals surface area contributed by atoms with Crippen LogP contribution in [0.5, 0.6) is 5.75 Å². The number of nitrogens with one attached hydrogen (secondary N) is 1. The number of fused-ring (bicyclic) bond motifs is 1. The molecule has 3 unspecified atom stereocenters. The predicted octanol–water partition coefficient (Wildman–Crippen LogP) is 6.79. The van der Waals surface area contributed by atoms with E-state index in [1.165, 1.54) is 0 Å². The zero-order valence-corrected chi connectivity index (χ0v) is 19.7. The molecule has 0 radical (unpaired) electrons. The van der Waals surface area contributed by atoms with Crippen LogP contribution in [-0.4, -0.2) is 12.0 Å². The van der Waals surface area contributed by atoms with Crippen LogP contribution in [0.15, 0.2) is 66.7 Å². The Morgan fingerprint density at radius 2 is 1.61 bits per heavy atom. The summed E-state index contributed by atoms with van der Waals surface area (Å²) in [7, 11) is 0. The van der Waals surface area contributed by atoms with Crippen LogP contribution in [0.1, 0.15) is 38.0 Å². The topological polar surface area (TPSA) is 64.6 Å². The zero-order valence-electron chi connectivity index (χ0n) is 18.0. The van der Waals surface area contributed by atoms with Gasteiger partial charge in [-0.15, -0.1) is 0 Å². The van der Waals surface area contributed by atoms with Gasteiger partial charge in [0.2, 0.25) is 0 Å². The van der Waals surface area contributed by atoms with Crippen molar-refractivity contribution < 1.29 is 18.6 Å². The molecule has 0 bridgehead atoms. The Balaban J connectivity index is 1.76. The third-order valence-corrected chi connectivity index (χ3v) is 6.62. The molecule has 0 aromatic heterocycles. The minimum absolute atomic E-state index is 0.222. The minimum Gasteiger partial charge on any atom is -0.457 e. The summed E-state index contributed by atoms with van der Waals surface area (Å²) in [6, 6.07) is 19.8. The van der Waals surface area contributed by atoms with Gasteiger partial charge in [-0.1, -0.05) is 74.5 Å². The van der Waals surface area contributed by atoms with Crippen molar-refractivity contribution in [1.82, 2.24) is 5.09 Å². The number of carbonyl (C=O) groups excluding carboxylic acids is 1. The highest BCUT2D eigenvalue weighted by Gasteiger charge is 2.34. The van der Waals surface area contributed by atoms with Crippen molar-refractivity contribution >= 4 is 34.9 Å². The molecule has 0 saturated carbocycles. The van der Waals surface area contributed by atoms with E-state index in [-0.39, 0.29) is 5.92 Å². The van der Waals surface area contributed by atoms with Crippen LogP contribution in [0.4, 0.5) is 0 Å². The third-order valence-electron chi connectivity index (χ3n) is 5.10. The summed E-state index contributed by atoms with van der Waals surface area (Å²) >= 11 is 6.25. The maximum Gasteiger partial charge on any atom is 0.409 e. The molecule has 0 heterocycles. The number of esters is 1. The molecule has 5 nitrogen and oxygen atoms in total. The Morgan fingerprint density at radius 1 is 0.968 bits per heavy atom. The number of halogens is 1. The van der Waals surface area contributed by atoms with Crippen molar-refractivity contribution in [2.24, 2.45) is 5.92 Å². The van der Waals surface area contributed by atoms with E-state index in [4.69, 9.17) is 20.5 Å². The first-order chi connectivity index (χ1) is 14.7. The third kappa shape index (κ3) is 5.88. The van der Waals surface area contributed by atoms with Crippen molar-refractivity contribution in [2.45, 2.75) is 39.8 Å². The van der Waals surface area contributed by atoms with E-state index < -0.39 is 25.0 Å². The predicted molar refractivity (Wildman–Crippen MR) is 125 cm³/mol. The van der Waals surface area contributed by atoms with Gasteiger partial charge in [-0.05, 0) is 42.3 Å². The molecule has 0 fully saturated rings. The fraction of sp³-hybridized carbons (Fsp3) is 0.292. The lowest BCUT2D eigenvalue weighted by molar-refractivity contribution is -0.151. The van der Waals surface area contributed by atoms with Gasteiger partial charge in [0.05, 0.1) is 0 Å². The number of benzene rings is 3. The molecular weight excluding hydrogens is 433 g/mol. The van der Waals surface area contributed by atoms with Crippen LogP contribution in [0.2, 0.25) is 0 Å². The van der Waals surface area contributed by atoms with Crippen molar-refractivity contribution in [3.8, 4) is 5.75 Å². The second kappa shape index (κ2) is 9.86. The molecule has 3 rings (SSSR count). The van der Waals surface area contributed by atoms with E-state index in [2.05, 4.69) is 5.09 Å². The fourth-order valence-corrected chi connectivity index (χ4v) is 5.16. The smallest absolute Gasteiger partial charge is 0.409 e. The second-order valence-corrected chi connectivity index (χ2v) is 10.6. The molecule has 0 aliphatic heterocycles. The fourth-order valence-electron chi connectivity index (χ4n) is 3.42. The first kappa shape index (κ1) is 23.3. The first-order valence-corrected chi connectivity index (χ1v) is 12.7. The number of hydrogen-bond acceptors (Lipinski definition) is 4. The van der Waals surface area contributed by atoms with E-state index in [1.807, 2.05) is 82.3 Å². The van der Waals surface area contributed by atoms with Gasteiger partial charge in [-0.3, -0.25) is 4.79 Å². The van der Waals surface area contributed by atoms with Crippen LogP contribution in [-0.2, 0) is 14.1 Å². The number of rotatable bonds is 8. The summed E-state index contributed by atoms with van der Waals surface area (Å²) in [6.07, 6.45) is -0.453. The van der Waals surface area contributed by atoms with E-state index in [0.29, 0.717) is 5.75 Å². The van der Waals surface area contributed by atoms with E-state index in [1.54, 1.807) is 12.1 Å². The summed E-state index contributed by atoms with van der Waals surface area (Å²) in [5.74, 6) is -0.374. The summed E-state index contributed by atoms with van der Waals surface area (Å²) in [4.78, 5) is 12.9. The lowest BCUT2D eigenvalue weighted by Crippen LogP contribution is -2.40. The van der Waals surface area contributed by atoms with Gasteiger partial charge in [-0.25, -0.2) is 9.65 Å². The lowest BCUT2D eigenvalue weighted by atomic mass is 10.0. The molecule has 3 aromatic rings. The summed E-state index contributed by atoms with van der Waals surface area (Å²) in [6.45, 7) is 3.54. The standard InChI is InChI=1S/C24H27ClNO4P/c1-16(2)23(24(27)29-18(4)20-13-7-5-10-17(20)3)26-31(25,28)30-22-15-9-12-19-11-6-8-14-21(19)22/h5-16,18,23H,1-4H3,(H,26,28). The largest absolute Gasteiger partial charge is 0.457 e. The SMILES string of the molecule is Cc1ccccc1C(C)OC(=O)C(NP(=O)(Cl)Oc1cccc2ccccc12)C(C)C. The average molecular weight is 460 g/mol. The Morgan fingerprint density at radius 3 is 2.32 bits per heavy atom. The Hall–Kier alpha value is -2.33. The first-order valence-electron chi connectivity index (χ1n) is 10.2. The second-order valence-electron chi connectivity index (χ2n) is 7.83. The molecule has 0 amide bonds. The molecule has 3 atom stereocenters. The molecule has 0 aliphatic carbocycles. The molecule has 7 heteroatoms. The van der Waals surface area contributed by atoms with Gasteiger partial charge >= 0.3 is 12.8 Å². The Labute approximate surface area is 188 Å². The van der Waals surface area contributed by atoms with Gasteiger partial charge in [-0.2, -0.15) is 0 Å². The van der Waals surface area contributed by atoms with Crippen LogP contribution in [0.25, 0.3) is 10.8 Å². The van der Waals surface area contributed by atoms with E-state index in [0.717, 1.165) is 21.9 Å². The highest BCUT2D eigenvalue weighted by molar-refractivity contribution is 7.84. The lowest BCUT2D eigenvalue weighted by Gasteiger charge is -2.26. The minimum atomic E-state index is -3.89. The Bertz CT molecular complexity index is 1110. The molecule has 31 heavy (non-hydrogen) atoms. The zero-order chi connectivity index (χ0) is 22.6.